The molecule has 3 aromatic carbocycles. The molecule has 4 rings (SSSR count). The van der Waals surface area contributed by atoms with Gasteiger partial charge in [-0.15, -0.1) is 0 Å². The molecule has 1 heterocycles. The van der Waals surface area contributed by atoms with Crippen LogP contribution < -0.4 is 14.8 Å². The molecule has 37 heavy (non-hydrogen) atoms. The number of Topliss-reactive ketones (excluding diaryl/α,β-unsaturated/α-hetero) is 2. The van der Waals surface area contributed by atoms with Crippen molar-refractivity contribution in [2.45, 2.75) is 18.9 Å². The summed E-state index contributed by atoms with van der Waals surface area (Å²) in [6, 6.07) is 15.9. The predicted octanol–water partition coefficient (Wildman–Crippen LogP) is 4.45. The first-order valence-electron chi connectivity index (χ1n) is 11.4. The molecule has 1 aliphatic rings. The van der Waals surface area contributed by atoms with Crippen molar-refractivity contribution in [3.05, 3.63) is 99.0 Å². The lowest BCUT2D eigenvalue weighted by Gasteiger charge is -2.18. The van der Waals surface area contributed by atoms with Gasteiger partial charge in [0.1, 0.15) is 6.61 Å². The van der Waals surface area contributed by atoms with Gasteiger partial charge < -0.3 is 19.9 Å². The largest absolute Gasteiger partial charge is 0.454 e. The number of hydrogen-bond donors (Lipinski definition) is 2. The van der Waals surface area contributed by atoms with Gasteiger partial charge in [0.05, 0.1) is 16.1 Å². The summed E-state index contributed by atoms with van der Waals surface area (Å²) in [5.74, 6) is 0.165. The second kappa shape index (κ2) is 12.1. The first-order valence-corrected chi connectivity index (χ1v) is 12.2. The van der Waals surface area contributed by atoms with Crippen LogP contribution in [0.3, 0.4) is 0 Å². The molecular weight excluding hydrogens is 517 g/mol. The van der Waals surface area contributed by atoms with Crippen molar-refractivity contribution in [3.8, 4) is 11.5 Å². The standard InChI is InChI=1S/C28H23Cl2NO6/c29-21-8-3-19(11-22(21)30)12-23(24(33)13-17-1-6-20(7-2-17)25(34)15-32)31-28(35)10-5-18-4-9-26-27(14-18)37-16-36-26/h1-11,14,23,32H,12-13,15-16H2,(H,31,35)/b10-5+/t23-/m0/s1. The third kappa shape index (κ3) is 6.98. The van der Waals surface area contributed by atoms with Crippen LogP contribution in [-0.4, -0.2) is 42.0 Å². The van der Waals surface area contributed by atoms with E-state index in [-0.39, 0.29) is 25.4 Å². The number of benzene rings is 3. The van der Waals surface area contributed by atoms with E-state index in [1.807, 2.05) is 0 Å². The van der Waals surface area contributed by atoms with E-state index >= 15 is 0 Å². The van der Waals surface area contributed by atoms with Crippen molar-refractivity contribution in [3.63, 3.8) is 0 Å². The third-order valence-electron chi connectivity index (χ3n) is 5.75. The molecule has 0 aromatic heterocycles. The van der Waals surface area contributed by atoms with Gasteiger partial charge in [0.2, 0.25) is 12.7 Å². The molecule has 2 N–H and O–H groups in total. The number of ether oxygens (including phenoxy) is 2. The molecule has 0 radical (unpaired) electrons. The van der Waals surface area contributed by atoms with Gasteiger partial charge in [-0.05, 0) is 53.5 Å². The first-order chi connectivity index (χ1) is 17.8. The fourth-order valence-corrected chi connectivity index (χ4v) is 4.10. The highest BCUT2D eigenvalue weighted by molar-refractivity contribution is 6.42. The van der Waals surface area contributed by atoms with Gasteiger partial charge in [0.15, 0.2) is 23.1 Å². The van der Waals surface area contributed by atoms with Crippen LogP contribution in [0, 0.1) is 0 Å². The van der Waals surface area contributed by atoms with E-state index in [0.29, 0.717) is 32.7 Å². The van der Waals surface area contributed by atoms with E-state index in [0.717, 1.165) is 11.1 Å². The van der Waals surface area contributed by atoms with Gasteiger partial charge in [-0.25, -0.2) is 0 Å². The molecule has 7 nitrogen and oxygen atoms in total. The maximum absolute atomic E-state index is 13.2. The van der Waals surface area contributed by atoms with Gasteiger partial charge in [-0.1, -0.05) is 59.6 Å². The first kappa shape index (κ1) is 26.4. The Balaban J connectivity index is 1.48. The van der Waals surface area contributed by atoms with Crippen LogP contribution >= 0.6 is 23.2 Å². The summed E-state index contributed by atoms with van der Waals surface area (Å²) in [5.41, 5.74) is 2.50. The summed E-state index contributed by atoms with van der Waals surface area (Å²) in [6.45, 7) is -0.433. The number of rotatable bonds is 10. The highest BCUT2D eigenvalue weighted by Gasteiger charge is 2.21. The molecule has 190 valence electrons. The second-order valence-electron chi connectivity index (χ2n) is 8.38. The van der Waals surface area contributed by atoms with E-state index < -0.39 is 24.3 Å². The smallest absolute Gasteiger partial charge is 0.244 e. The van der Waals surface area contributed by atoms with E-state index in [1.54, 1.807) is 66.7 Å². The van der Waals surface area contributed by atoms with E-state index in [9.17, 15) is 14.4 Å². The lowest BCUT2D eigenvalue weighted by atomic mass is 9.96. The maximum Gasteiger partial charge on any atom is 0.244 e. The van der Waals surface area contributed by atoms with Crippen molar-refractivity contribution < 1.29 is 29.0 Å². The SMILES string of the molecule is O=C(/C=C/c1ccc2c(c1)OCO2)N[C@@H](Cc1ccc(Cl)c(Cl)c1)C(=O)Cc1ccc(C(=O)CO)cc1. The van der Waals surface area contributed by atoms with Crippen molar-refractivity contribution >= 4 is 46.8 Å². The number of fused-ring (bicyclic) bond motifs is 1. The van der Waals surface area contributed by atoms with Crippen molar-refractivity contribution in [2.24, 2.45) is 0 Å². The zero-order chi connectivity index (χ0) is 26.4. The fourth-order valence-electron chi connectivity index (χ4n) is 3.78. The van der Waals surface area contributed by atoms with Gasteiger partial charge in [0, 0.05) is 18.1 Å². The number of nitrogens with one attached hydrogen (secondary N) is 1. The molecule has 9 heteroatoms. The Morgan fingerprint density at radius 1 is 0.919 bits per heavy atom. The molecule has 1 amide bonds. The second-order valence-corrected chi connectivity index (χ2v) is 9.20. The number of amides is 1. The molecule has 1 aliphatic heterocycles. The molecule has 0 saturated heterocycles. The van der Waals surface area contributed by atoms with Crippen LogP contribution in [0.5, 0.6) is 11.5 Å². The van der Waals surface area contributed by atoms with Crippen molar-refractivity contribution in [1.82, 2.24) is 5.32 Å². The van der Waals surface area contributed by atoms with Crippen LogP contribution in [0.2, 0.25) is 10.0 Å². The fraction of sp³-hybridized carbons (Fsp3) is 0.179. The van der Waals surface area contributed by atoms with Gasteiger partial charge in [-0.3, -0.25) is 14.4 Å². The number of carbonyl (C=O) groups excluding carboxylic acids is 3. The van der Waals surface area contributed by atoms with E-state index in [1.165, 1.54) is 6.08 Å². The highest BCUT2D eigenvalue weighted by atomic mass is 35.5. The van der Waals surface area contributed by atoms with Gasteiger partial charge in [-0.2, -0.15) is 0 Å². The molecule has 0 aliphatic carbocycles. The molecule has 0 spiro atoms. The minimum Gasteiger partial charge on any atom is -0.454 e. The zero-order valence-electron chi connectivity index (χ0n) is 19.6. The van der Waals surface area contributed by atoms with Gasteiger partial charge in [0.25, 0.3) is 0 Å². The molecule has 3 aromatic rings. The summed E-state index contributed by atoms with van der Waals surface area (Å²) in [7, 11) is 0. The summed E-state index contributed by atoms with van der Waals surface area (Å²) >= 11 is 12.2. The summed E-state index contributed by atoms with van der Waals surface area (Å²) < 4.78 is 10.7. The van der Waals surface area contributed by atoms with Crippen LogP contribution in [0.4, 0.5) is 0 Å². The summed E-state index contributed by atoms with van der Waals surface area (Å²) in [5, 5.41) is 12.5. The predicted molar refractivity (Wildman–Crippen MR) is 140 cm³/mol. The maximum atomic E-state index is 13.2. The van der Waals surface area contributed by atoms with Crippen LogP contribution in [0.15, 0.2) is 66.7 Å². The van der Waals surface area contributed by atoms with E-state index in [2.05, 4.69) is 5.32 Å². The molecule has 1 atom stereocenters. The number of ketones is 2. The van der Waals surface area contributed by atoms with E-state index in [4.69, 9.17) is 37.8 Å². The number of halogens is 2. The summed E-state index contributed by atoms with van der Waals surface area (Å²) in [4.78, 5) is 37.7. The molecule has 0 bridgehead atoms. The Kier molecular flexibility index (Phi) is 8.61. The Labute approximate surface area is 223 Å². The quantitative estimate of drug-likeness (QED) is 0.291. The Bertz CT molecular complexity index is 1350. The minimum absolute atomic E-state index is 0.0335. The summed E-state index contributed by atoms with van der Waals surface area (Å²) in [6.07, 6.45) is 3.21. The Hall–Kier alpha value is -3.65. The number of aliphatic hydroxyl groups excluding tert-OH is 1. The lowest BCUT2D eigenvalue weighted by molar-refractivity contribution is -0.125. The number of aliphatic hydroxyl groups is 1. The third-order valence-corrected chi connectivity index (χ3v) is 6.49. The zero-order valence-corrected chi connectivity index (χ0v) is 21.1. The molecule has 0 unspecified atom stereocenters. The topological polar surface area (TPSA) is 102 Å². The number of carbonyl (C=O) groups is 3. The van der Waals surface area contributed by atoms with Crippen LogP contribution in [-0.2, 0) is 22.4 Å². The lowest BCUT2D eigenvalue weighted by Crippen LogP contribution is -2.42. The number of hydrogen-bond acceptors (Lipinski definition) is 6. The Morgan fingerprint density at radius 2 is 1.65 bits per heavy atom. The normalized spacial score (nSPS) is 12.9. The molecule has 0 saturated carbocycles. The minimum atomic E-state index is -0.843. The van der Waals surface area contributed by atoms with Crippen LogP contribution in [0.1, 0.15) is 27.0 Å². The van der Waals surface area contributed by atoms with Crippen molar-refractivity contribution in [2.75, 3.05) is 13.4 Å². The average molecular weight is 540 g/mol. The monoisotopic (exact) mass is 539 g/mol. The van der Waals surface area contributed by atoms with Gasteiger partial charge >= 0.3 is 0 Å². The molecular formula is C28H23Cl2NO6. The highest BCUT2D eigenvalue weighted by Crippen LogP contribution is 2.32. The average Bonchev–Trinajstić information content (AvgIpc) is 3.37. The van der Waals surface area contributed by atoms with Crippen LogP contribution in [0.25, 0.3) is 6.08 Å². The molecule has 0 fully saturated rings. The Morgan fingerprint density at radius 3 is 2.38 bits per heavy atom. The van der Waals surface area contributed by atoms with Crippen molar-refractivity contribution in [1.29, 1.82) is 0 Å².